The van der Waals surface area contributed by atoms with E-state index in [-0.39, 0.29) is 0 Å². The van der Waals surface area contributed by atoms with Gasteiger partial charge in [0, 0.05) is 13.0 Å². The van der Waals surface area contributed by atoms with E-state index in [0.717, 1.165) is 19.6 Å². The average molecular weight is 358 g/mol. The predicted molar refractivity (Wildman–Crippen MR) is 98.6 cm³/mol. The summed E-state index contributed by atoms with van der Waals surface area (Å²) in [5, 5.41) is 0. The summed E-state index contributed by atoms with van der Waals surface area (Å²) in [6.45, 7) is 2.84. The zero-order chi connectivity index (χ0) is 17.3. The van der Waals surface area contributed by atoms with Gasteiger partial charge in [-0.2, -0.15) is 0 Å². The van der Waals surface area contributed by atoms with E-state index in [0.29, 0.717) is 23.5 Å². The number of benzene rings is 2. The Hall–Kier alpha value is -2.05. The van der Waals surface area contributed by atoms with Crippen LogP contribution in [0.4, 0.5) is 11.4 Å². The van der Waals surface area contributed by atoms with Crippen molar-refractivity contribution in [1.29, 1.82) is 0 Å². The molecule has 132 valence electrons. The fourth-order valence-electron chi connectivity index (χ4n) is 3.53. The molecule has 2 aromatic carbocycles. The van der Waals surface area contributed by atoms with Crippen molar-refractivity contribution in [3.63, 3.8) is 0 Å². The first-order chi connectivity index (χ1) is 12.2. The molecule has 0 saturated carbocycles. The van der Waals surface area contributed by atoms with Gasteiger partial charge in [-0.15, -0.1) is 0 Å². The van der Waals surface area contributed by atoms with Crippen LogP contribution >= 0.6 is 0 Å². The van der Waals surface area contributed by atoms with Gasteiger partial charge in [-0.3, -0.25) is 0 Å². The smallest absolute Gasteiger partial charge is 0.278 e. The third-order valence-corrected chi connectivity index (χ3v) is 6.71. The number of hydrogen-bond acceptors (Lipinski definition) is 4. The van der Waals surface area contributed by atoms with E-state index in [4.69, 9.17) is 4.74 Å². The van der Waals surface area contributed by atoms with E-state index in [1.54, 1.807) is 6.07 Å². The van der Waals surface area contributed by atoms with Gasteiger partial charge in [-0.05, 0) is 50.2 Å². The van der Waals surface area contributed by atoms with Gasteiger partial charge in [0.05, 0.1) is 11.4 Å². The van der Waals surface area contributed by atoms with Crippen LogP contribution in [0, 0.1) is 0 Å². The third kappa shape index (κ3) is 3.12. The number of nitrogens with zero attached hydrogens (tertiary/aromatic N) is 2. The Bertz CT molecular complexity index is 833. The maximum Gasteiger partial charge on any atom is 0.278 e. The van der Waals surface area contributed by atoms with E-state index in [9.17, 15) is 8.42 Å². The molecule has 25 heavy (non-hydrogen) atoms. The minimum Gasteiger partial charge on any atom is -0.470 e. The predicted octanol–water partition coefficient (Wildman–Crippen LogP) is 3.36. The van der Waals surface area contributed by atoms with Gasteiger partial charge in [0.2, 0.25) is 5.44 Å². The summed E-state index contributed by atoms with van der Waals surface area (Å²) < 4.78 is 33.9. The molecule has 1 unspecified atom stereocenters. The number of likely N-dealkylation sites (tertiary alicyclic amines) is 1. The van der Waals surface area contributed by atoms with Crippen molar-refractivity contribution < 1.29 is 13.2 Å². The van der Waals surface area contributed by atoms with Crippen molar-refractivity contribution in [3.05, 3.63) is 54.6 Å². The van der Waals surface area contributed by atoms with Crippen LogP contribution in [0.25, 0.3) is 0 Å². The van der Waals surface area contributed by atoms with E-state index in [2.05, 4.69) is 4.90 Å². The van der Waals surface area contributed by atoms with Crippen LogP contribution in [0.15, 0.2) is 54.6 Å². The molecule has 0 aliphatic carbocycles. The number of ether oxygens (including phenoxy) is 1. The molecular weight excluding hydrogens is 336 g/mol. The van der Waals surface area contributed by atoms with Crippen LogP contribution in [0.3, 0.4) is 0 Å². The standard InChI is InChI=1S/C19H22N2O3S/c22-25(23)19(12-15-20-13-6-7-14-20)24-18-11-5-4-10-17(18)21(25)16-8-2-1-3-9-16/h1-5,8-11,19H,6-7,12-15H2. The number of para-hydroxylation sites is 3. The number of rotatable bonds is 4. The van der Waals surface area contributed by atoms with E-state index in [1.807, 2.05) is 48.5 Å². The van der Waals surface area contributed by atoms with Crippen molar-refractivity contribution >= 4 is 21.4 Å². The minimum absolute atomic E-state index is 0.472. The molecule has 4 rings (SSSR count). The van der Waals surface area contributed by atoms with Gasteiger partial charge < -0.3 is 9.64 Å². The molecule has 6 heteroatoms. The molecule has 1 fully saturated rings. The summed E-state index contributed by atoms with van der Waals surface area (Å²) in [7, 11) is -3.64. The largest absolute Gasteiger partial charge is 0.470 e. The minimum atomic E-state index is -3.64. The van der Waals surface area contributed by atoms with Gasteiger partial charge in [0.25, 0.3) is 10.0 Å². The molecule has 2 aliphatic heterocycles. The highest BCUT2D eigenvalue weighted by Crippen LogP contribution is 2.42. The lowest BCUT2D eigenvalue weighted by atomic mass is 10.2. The lowest BCUT2D eigenvalue weighted by Crippen LogP contribution is -2.44. The van der Waals surface area contributed by atoms with E-state index in [1.165, 1.54) is 17.1 Å². The first-order valence-electron chi connectivity index (χ1n) is 8.73. The summed E-state index contributed by atoms with van der Waals surface area (Å²) in [6, 6.07) is 16.5. The number of sulfonamides is 1. The summed E-state index contributed by atoms with van der Waals surface area (Å²) in [5.41, 5.74) is 0.360. The molecule has 0 amide bonds. The topological polar surface area (TPSA) is 49.9 Å². The highest BCUT2D eigenvalue weighted by Gasteiger charge is 2.41. The first kappa shape index (κ1) is 16.4. The van der Waals surface area contributed by atoms with Crippen LogP contribution in [0.5, 0.6) is 5.75 Å². The maximum atomic E-state index is 13.3. The molecule has 0 N–H and O–H groups in total. The molecule has 1 saturated heterocycles. The third-order valence-electron chi connectivity index (χ3n) is 4.80. The van der Waals surface area contributed by atoms with Gasteiger partial charge in [0.15, 0.2) is 0 Å². The normalized spacial score (nSPS) is 22.4. The Balaban J connectivity index is 1.69. The lowest BCUT2D eigenvalue weighted by molar-refractivity contribution is 0.226. The molecule has 2 heterocycles. The second-order valence-corrected chi connectivity index (χ2v) is 8.42. The van der Waals surface area contributed by atoms with Crippen LogP contribution < -0.4 is 9.04 Å². The molecule has 0 spiro atoms. The molecule has 0 aromatic heterocycles. The Kier molecular flexibility index (Phi) is 4.39. The lowest BCUT2D eigenvalue weighted by Gasteiger charge is -2.36. The van der Waals surface area contributed by atoms with E-state index >= 15 is 0 Å². The molecule has 2 aromatic rings. The fraction of sp³-hybridized carbons (Fsp3) is 0.368. The van der Waals surface area contributed by atoms with Gasteiger partial charge in [-0.1, -0.05) is 30.3 Å². The zero-order valence-electron chi connectivity index (χ0n) is 14.0. The average Bonchev–Trinajstić information content (AvgIpc) is 3.14. The zero-order valence-corrected chi connectivity index (χ0v) is 14.9. The SMILES string of the molecule is O=S1(=O)C(CCN2CCCC2)Oc2ccccc2N1c1ccccc1. The Morgan fingerprint density at radius 2 is 1.64 bits per heavy atom. The second kappa shape index (κ2) is 6.69. The highest BCUT2D eigenvalue weighted by atomic mass is 32.2. The Morgan fingerprint density at radius 3 is 2.40 bits per heavy atom. The van der Waals surface area contributed by atoms with Crippen molar-refractivity contribution in [2.24, 2.45) is 0 Å². The Morgan fingerprint density at radius 1 is 0.960 bits per heavy atom. The highest BCUT2D eigenvalue weighted by molar-refractivity contribution is 7.93. The first-order valence-corrected chi connectivity index (χ1v) is 10.2. The van der Waals surface area contributed by atoms with Gasteiger partial charge in [-0.25, -0.2) is 12.7 Å². The van der Waals surface area contributed by atoms with Crippen molar-refractivity contribution in [3.8, 4) is 5.75 Å². The molecule has 1 atom stereocenters. The number of fused-ring (bicyclic) bond motifs is 1. The Labute approximate surface area is 148 Å². The monoisotopic (exact) mass is 358 g/mol. The van der Waals surface area contributed by atoms with E-state index < -0.39 is 15.5 Å². The second-order valence-electron chi connectivity index (χ2n) is 6.50. The van der Waals surface area contributed by atoms with Crippen molar-refractivity contribution in [1.82, 2.24) is 4.90 Å². The summed E-state index contributed by atoms with van der Waals surface area (Å²) in [5.74, 6) is 0.618. The van der Waals surface area contributed by atoms with Crippen LogP contribution in [-0.4, -0.2) is 38.4 Å². The quantitative estimate of drug-likeness (QED) is 0.841. The maximum absolute atomic E-state index is 13.3. The number of hydrogen-bond donors (Lipinski definition) is 0. The number of anilines is 2. The van der Waals surface area contributed by atoms with Gasteiger partial charge >= 0.3 is 0 Å². The molecule has 5 nitrogen and oxygen atoms in total. The van der Waals surface area contributed by atoms with Crippen molar-refractivity contribution in [2.75, 3.05) is 23.9 Å². The van der Waals surface area contributed by atoms with Crippen LogP contribution in [0.2, 0.25) is 0 Å². The summed E-state index contributed by atoms with van der Waals surface area (Å²) in [4.78, 5) is 2.31. The molecule has 0 radical (unpaired) electrons. The van der Waals surface area contributed by atoms with Crippen LogP contribution in [-0.2, 0) is 10.0 Å². The molecule has 2 aliphatic rings. The molecule has 0 bridgehead atoms. The van der Waals surface area contributed by atoms with Crippen LogP contribution in [0.1, 0.15) is 19.3 Å². The van der Waals surface area contributed by atoms with Gasteiger partial charge in [0.1, 0.15) is 5.75 Å². The molecular formula is C19H22N2O3S. The van der Waals surface area contributed by atoms with Crippen molar-refractivity contribution in [2.45, 2.75) is 24.7 Å². The summed E-state index contributed by atoms with van der Waals surface area (Å²) in [6.07, 6.45) is 2.86. The summed E-state index contributed by atoms with van der Waals surface area (Å²) >= 11 is 0. The fourth-order valence-corrected chi connectivity index (χ4v) is 5.24.